The van der Waals surface area contributed by atoms with Crippen molar-refractivity contribution in [1.29, 1.82) is 0 Å². The van der Waals surface area contributed by atoms with Gasteiger partial charge in [0.2, 0.25) is 5.95 Å². The van der Waals surface area contributed by atoms with E-state index in [1.807, 2.05) is 18.2 Å². The predicted octanol–water partition coefficient (Wildman–Crippen LogP) is 0.432. The van der Waals surface area contributed by atoms with Crippen LogP contribution in [0.15, 0.2) is 52.0 Å². The largest absolute Gasteiger partial charge is 0.352 e. The van der Waals surface area contributed by atoms with Gasteiger partial charge in [0.1, 0.15) is 4.90 Å². The van der Waals surface area contributed by atoms with Gasteiger partial charge in [0.25, 0.3) is 10.0 Å². The maximum absolute atomic E-state index is 12.2. The van der Waals surface area contributed by atoms with E-state index in [-0.39, 0.29) is 0 Å². The molecule has 0 saturated carbocycles. The van der Waals surface area contributed by atoms with Gasteiger partial charge in [-0.3, -0.25) is 4.90 Å². The number of piperazine rings is 1. The summed E-state index contributed by atoms with van der Waals surface area (Å²) in [7, 11) is -3.54. The van der Waals surface area contributed by atoms with Crippen LogP contribution in [0.4, 0.5) is 5.95 Å². The lowest BCUT2D eigenvalue weighted by molar-refractivity contribution is 0.0756. The number of amidine groups is 1. The van der Waals surface area contributed by atoms with E-state index in [0.717, 1.165) is 50.8 Å². The van der Waals surface area contributed by atoms with Crippen molar-refractivity contribution in [2.45, 2.75) is 10.9 Å². The van der Waals surface area contributed by atoms with Crippen LogP contribution in [0.1, 0.15) is 5.56 Å². The lowest BCUT2D eigenvalue weighted by Crippen LogP contribution is -2.64. The molecule has 0 spiro atoms. The molecule has 0 radical (unpaired) electrons. The first-order valence-corrected chi connectivity index (χ1v) is 10.5. The Bertz CT molecular complexity index is 980. The van der Waals surface area contributed by atoms with Crippen LogP contribution < -0.4 is 4.90 Å². The first-order valence-electron chi connectivity index (χ1n) is 9.07. The van der Waals surface area contributed by atoms with Gasteiger partial charge in [-0.1, -0.05) is 12.1 Å². The van der Waals surface area contributed by atoms with Crippen molar-refractivity contribution in [1.82, 2.24) is 19.8 Å². The van der Waals surface area contributed by atoms with Gasteiger partial charge in [0.05, 0.1) is 0 Å². The van der Waals surface area contributed by atoms with Crippen molar-refractivity contribution in [2.75, 3.05) is 44.2 Å². The number of fused-ring (bicyclic) bond motifs is 1. The summed E-state index contributed by atoms with van der Waals surface area (Å²) in [6.45, 7) is 5.34. The summed E-state index contributed by atoms with van der Waals surface area (Å²) >= 11 is 0. The first-order chi connectivity index (χ1) is 13.1. The molecule has 2 aromatic rings. The molecule has 27 heavy (non-hydrogen) atoms. The lowest BCUT2D eigenvalue weighted by Gasteiger charge is -2.48. The molecule has 0 atom stereocenters. The van der Waals surface area contributed by atoms with E-state index in [1.165, 1.54) is 0 Å². The Morgan fingerprint density at radius 3 is 2.33 bits per heavy atom. The predicted molar refractivity (Wildman–Crippen MR) is 101 cm³/mol. The second-order valence-corrected chi connectivity index (χ2v) is 8.59. The Hall–Kier alpha value is -2.52. The van der Waals surface area contributed by atoms with Gasteiger partial charge in [-0.15, -0.1) is 4.40 Å². The van der Waals surface area contributed by atoms with Gasteiger partial charge in [-0.05, 0) is 18.2 Å². The second-order valence-electron chi connectivity index (χ2n) is 7.02. The Balaban J connectivity index is 1.21. The van der Waals surface area contributed by atoms with E-state index in [9.17, 15) is 8.42 Å². The molecular formula is C18H20N6O2S. The third kappa shape index (κ3) is 2.87. The number of benzene rings is 1. The fraction of sp³-hybridized carbons (Fsp3) is 0.389. The van der Waals surface area contributed by atoms with Gasteiger partial charge >= 0.3 is 0 Å². The van der Waals surface area contributed by atoms with E-state index in [4.69, 9.17) is 0 Å². The number of likely N-dealkylation sites (tertiary alicyclic amines) is 1. The van der Waals surface area contributed by atoms with Crippen molar-refractivity contribution >= 4 is 21.8 Å². The number of aromatic nitrogens is 2. The van der Waals surface area contributed by atoms with Crippen molar-refractivity contribution in [3.63, 3.8) is 0 Å². The van der Waals surface area contributed by atoms with Gasteiger partial charge in [-0.25, -0.2) is 9.97 Å². The maximum Gasteiger partial charge on any atom is 0.285 e. The number of rotatable bonds is 2. The molecule has 1 aromatic heterocycles. The molecule has 3 aliphatic heterocycles. The molecule has 8 nitrogen and oxygen atoms in total. The van der Waals surface area contributed by atoms with Gasteiger partial charge in [0, 0.05) is 63.3 Å². The Labute approximate surface area is 158 Å². The van der Waals surface area contributed by atoms with E-state index in [0.29, 0.717) is 16.8 Å². The van der Waals surface area contributed by atoms with E-state index >= 15 is 0 Å². The van der Waals surface area contributed by atoms with Gasteiger partial charge in [-0.2, -0.15) is 8.42 Å². The first kappa shape index (κ1) is 16.6. The quantitative estimate of drug-likeness (QED) is 0.743. The van der Waals surface area contributed by atoms with Crippen molar-refractivity contribution in [3.8, 4) is 0 Å². The third-order valence-corrected chi connectivity index (χ3v) is 6.77. The number of hydrogen-bond donors (Lipinski definition) is 0. The summed E-state index contributed by atoms with van der Waals surface area (Å²) in [5, 5.41) is 0. The fourth-order valence-corrected chi connectivity index (χ4v) is 5.14. The average molecular weight is 384 g/mol. The Morgan fingerprint density at radius 2 is 1.59 bits per heavy atom. The maximum atomic E-state index is 12.2. The van der Waals surface area contributed by atoms with Gasteiger partial charge < -0.3 is 9.80 Å². The SMILES string of the molecule is O=S1(=O)N=C(N2CC(N3CCN(c4ncccn4)CC3)C2)c2ccccc21. The molecule has 0 N–H and O–H groups in total. The Morgan fingerprint density at radius 1 is 0.889 bits per heavy atom. The molecular weight excluding hydrogens is 364 g/mol. The van der Waals surface area contributed by atoms with Crippen LogP contribution in [-0.4, -0.2) is 79.3 Å². The highest BCUT2D eigenvalue weighted by Crippen LogP contribution is 2.30. The highest BCUT2D eigenvalue weighted by molar-refractivity contribution is 7.90. The minimum Gasteiger partial charge on any atom is -0.352 e. The monoisotopic (exact) mass is 384 g/mol. The van der Waals surface area contributed by atoms with Crippen LogP contribution in [0.5, 0.6) is 0 Å². The highest BCUT2D eigenvalue weighted by Gasteiger charge is 2.40. The number of nitrogens with zero attached hydrogens (tertiary/aromatic N) is 6. The van der Waals surface area contributed by atoms with E-state index in [2.05, 4.69) is 29.1 Å². The summed E-state index contributed by atoms with van der Waals surface area (Å²) in [4.78, 5) is 15.7. The number of anilines is 1. The second kappa shape index (κ2) is 6.28. The molecule has 3 aliphatic rings. The standard InChI is InChI=1S/C18H20N6O2S/c25-27(26)16-5-2-1-4-15(16)17(21-27)24-12-14(13-24)22-8-10-23(11-9-22)18-19-6-3-7-20-18/h1-7,14H,8-13H2. The molecule has 2 saturated heterocycles. The van der Waals surface area contributed by atoms with Gasteiger partial charge in [0.15, 0.2) is 5.84 Å². The van der Waals surface area contributed by atoms with Crippen LogP contribution >= 0.6 is 0 Å². The van der Waals surface area contributed by atoms with E-state index < -0.39 is 10.0 Å². The molecule has 140 valence electrons. The zero-order chi connectivity index (χ0) is 18.4. The lowest BCUT2D eigenvalue weighted by atomic mass is 10.0. The zero-order valence-corrected chi connectivity index (χ0v) is 15.6. The van der Waals surface area contributed by atoms with Crippen LogP contribution in [-0.2, 0) is 10.0 Å². The minimum atomic E-state index is -3.54. The number of sulfonamides is 1. The Kier molecular flexibility index (Phi) is 3.87. The van der Waals surface area contributed by atoms with Crippen molar-refractivity contribution < 1.29 is 8.42 Å². The molecule has 4 heterocycles. The molecule has 0 bridgehead atoms. The van der Waals surface area contributed by atoms with Crippen LogP contribution in [0, 0.1) is 0 Å². The molecule has 1 aromatic carbocycles. The van der Waals surface area contributed by atoms with Crippen molar-refractivity contribution in [2.24, 2.45) is 4.40 Å². The normalized spacial score (nSPS) is 22.3. The minimum absolute atomic E-state index is 0.319. The molecule has 0 amide bonds. The summed E-state index contributed by atoms with van der Waals surface area (Å²) in [5.74, 6) is 1.38. The molecule has 9 heteroatoms. The molecule has 2 fully saturated rings. The molecule has 5 rings (SSSR count). The average Bonchev–Trinajstić information content (AvgIpc) is 2.93. The highest BCUT2D eigenvalue weighted by atomic mass is 32.2. The van der Waals surface area contributed by atoms with Crippen LogP contribution in [0.25, 0.3) is 0 Å². The topological polar surface area (TPSA) is 82.0 Å². The van der Waals surface area contributed by atoms with Crippen LogP contribution in [0.3, 0.4) is 0 Å². The summed E-state index contributed by atoms with van der Waals surface area (Å²) in [5.41, 5.74) is 0.724. The molecule has 0 aliphatic carbocycles. The summed E-state index contributed by atoms with van der Waals surface area (Å²) in [6.07, 6.45) is 3.54. The van der Waals surface area contributed by atoms with E-state index in [1.54, 1.807) is 24.5 Å². The zero-order valence-electron chi connectivity index (χ0n) is 14.8. The summed E-state index contributed by atoms with van der Waals surface area (Å²) < 4.78 is 28.5. The third-order valence-electron chi connectivity index (χ3n) is 5.44. The summed E-state index contributed by atoms with van der Waals surface area (Å²) in [6, 6.07) is 9.32. The fourth-order valence-electron chi connectivity index (χ4n) is 3.92. The molecule has 0 unspecified atom stereocenters. The smallest absolute Gasteiger partial charge is 0.285 e. The van der Waals surface area contributed by atoms with Crippen LogP contribution in [0.2, 0.25) is 0 Å². The number of hydrogen-bond acceptors (Lipinski definition) is 7. The van der Waals surface area contributed by atoms with Crippen molar-refractivity contribution in [3.05, 3.63) is 48.3 Å².